The fourth-order valence-electron chi connectivity index (χ4n) is 2.35. The first-order valence-corrected chi connectivity index (χ1v) is 7.01. The fraction of sp³-hybridized carbons (Fsp3) is 0.118. The van der Waals surface area contributed by atoms with Gasteiger partial charge in [-0.25, -0.2) is 0 Å². The number of rotatable bonds is 2. The van der Waals surface area contributed by atoms with Gasteiger partial charge in [0.1, 0.15) is 5.75 Å². The zero-order chi connectivity index (χ0) is 15.0. The van der Waals surface area contributed by atoms with Gasteiger partial charge in [-0.05, 0) is 55.3 Å². The number of fused-ring (bicyclic) bond motifs is 1. The highest BCUT2D eigenvalue weighted by atomic mass is 35.5. The van der Waals surface area contributed by atoms with E-state index in [2.05, 4.69) is 4.98 Å². The van der Waals surface area contributed by atoms with Crippen molar-refractivity contribution in [2.24, 2.45) is 0 Å². The number of halogens is 1. The summed E-state index contributed by atoms with van der Waals surface area (Å²) in [4.78, 5) is 4.09. The number of aryl methyl sites for hydroxylation is 2. The SMILES string of the molecule is Cc1cc(Oc2ccc3cnccc3c2N)cc(C)c1Cl. The molecule has 21 heavy (non-hydrogen) atoms. The third-order valence-corrected chi connectivity index (χ3v) is 4.06. The molecule has 0 atom stereocenters. The standard InChI is InChI=1S/C17H15ClN2O/c1-10-7-13(8-11(2)16(10)18)21-15-4-3-12-9-20-6-5-14(12)17(15)19/h3-9H,19H2,1-2H3. The molecule has 106 valence electrons. The molecule has 0 spiro atoms. The van der Waals surface area contributed by atoms with E-state index in [0.717, 1.165) is 32.7 Å². The van der Waals surface area contributed by atoms with Gasteiger partial charge < -0.3 is 10.5 Å². The Kier molecular flexibility index (Phi) is 3.43. The average Bonchev–Trinajstić information content (AvgIpc) is 2.48. The molecule has 3 rings (SSSR count). The van der Waals surface area contributed by atoms with Gasteiger partial charge in [0, 0.05) is 28.2 Å². The van der Waals surface area contributed by atoms with E-state index >= 15 is 0 Å². The Labute approximate surface area is 128 Å². The Morgan fingerprint density at radius 3 is 2.52 bits per heavy atom. The predicted octanol–water partition coefficient (Wildman–Crippen LogP) is 4.88. The van der Waals surface area contributed by atoms with Crippen molar-refractivity contribution in [2.45, 2.75) is 13.8 Å². The van der Waals surface area contributed by atoms with Crippen LogP contribution in [-0.2, 0) is 0 Å². The van der Waals surface area contributed by atoms with Gasteiger partial charge in [-0.15, -0.1) is 0 Å². The Morgan fingerprint density at radius 2 is 1.81 bits per heavy atom. The van der Waals surface area contributed by atoms with Gasteiger partial charge in [0.05, 0.1) is 5.69 Å². The minimum Gasteiger partial charge on any atom is -0.455 e. The number of nitrogen functional groups attached to an aromatic ring is 1. The van der Waals surface area contributed by atoms with Gasteiger partial charge in [-0.3, -0.25) is 4.98 Å². The maximum Gasteiger partial charge on any atom is 0.150 e. The van der Waals surface area contributed by atoms with Crippen molar-refractivity contribution in [1.82, 2.24) is 4.98 Å². The van der Waals surface area contributed by atoms with Crippen LogP contribution in [0.5, 0.6) is 11.5 Å². The minimum atomic E-state index is 0.611. The van der Waals surface area contributed by atoms with E-state index in [4.69, 9.17) is 22.1 Å². The lowest BCUT2D eigenvalue weighted by Crippen LogP contribution is -1.95. The zero-order valence-corrected chi connectivity index (χ0v) is 12.6. The van der Waals surface area contributed by atoms with Gasteiger partial charge in [-0.2, -0.15) is 0 Å². The molecular weight excluding hydrogens is 284 g/mol. The second-order valence-corrected chi connectivity index (χ2v) is 5.43. The van der Waals surface area contributed by atoms with E-state index in [0.29, 0.717) is 11.4 Å². The number of hydrogen-bond acceptors (Lipinski definition) is 3. The maximum atomic E-state index is 6.19. The van der Waals surface area contributed by atoms with E-state index in [1.807, 2.05) is 44.2 Å². The van der Waals surface area contributed by atoms with Crippen LogP contribution in [0.1, 0.15) is 11.1 Å². The molecule has 0 saturated carbocycles. The lowest BCUT2D eigenvalue weighted by atomic mass is 10.1. The van der Waals surface area contributed by atoms with Crippen LogP contribution >= 0.6 is 11.6 Å². The fourth-order valence-corrected chi connectivity index (χ4v) is 2.46. The van der Waals surface area contributed by atoms with Crippen LogP contribution in [0.2, 0.25) is 5.02 Å². The summed E-state index contributed by atoms with van der Waals surface area (Å²) in [5, 5.41) is 2.69. The smallest absolute Gasteiger partial charge is 0.150 e. The maximum absolute atomic E-state index is 6.19. The molecule has 1 aromatic heterocycles. The molecule has 0 fully saturated rings. The quantitative estimate of drug-likeness (QED) is 0.686. The topological polar surface area (TPSA) is 48.1 Å². The molecule has 3 nitrogen and oxygen atoms in total. The van der Waals surface area contributed by atoms with Crippen molar-refractivity contribution in [2.75, 3.05) is 5.73 Å². The summed E-state index contributed by atoms with van der Waals surface area (Å²) in [5.74, 6) is 1.37. The van der Waals surface area contributed by atoms with Crippen LogP contribution in [0.15, 0.2) is 42.7 Å². The molecule has 0 aliphatic carbocycles. The van der Waals surface area contributed by atoms with Crippen LogP contribution in [0.25, 0.3) is 10.8 Å². The summed E-state index contributed by atoms with van der Waals surface area (Å²) in [7, 11) is 0. The molecule has 0 amide bonds. The monoisotopic (exact) mass is 298 g/mol. The first kappa shape index (κ1) is 13.7. The predicted molar refractivity (Wildman–Crippen MR) is 87.2 cm³/mol. The van der Waals surface area contributed by atoms with Crippen molar-refractivity contribution < 1.29 is 4.74 Å². The van der Waals surface area contributed by atoms with E-state index in [9.17, 15) is 0 Å². The third kappa shape index (κ3) is 2.52. The van der Waals surface area contributed by atoms with Crippen molar-refractivity contribution in [3.05, 3.63) is 58.9 Å². The molecule has 3 aromatic rings. The highest BCUT2D eigenvalue weighted by molar-refractivity contribution is 6.32. The normalized spacial score (nSPS) is 10.8. The van der Waals surface area contributed by atoms with Gasteiger partial charge >= 0.3 is 0 Å². The average molecular weight is 299 g/mol. The summed E-state index contributed by atoms with van der Waals surface area (Å²) >= 11 is 6.17. The number of nitrogens with two attached hydrogens (primary N) is 1. The van der Waals surface area contributed by atoms with Gasteiger partial charge in [-0.1, -0.05) is 11.6 Å². The van der Waals surface area contributed by atoms with E-state index in [1.54, 1.807) is 12.4 Å². The number of anilines is 1. The van der Waals surface area contributed by atoms with Crippen molar-refractivity contribution >= 4 is 28.1 Å². The van der Waals surface area contributed by atoms with Crippen LogP contribution in [0, 0.1) is 13.8 Å². The second-order valence-electron chi connectivity index (χ2n) is 5.05. The number of aromatic nitrogens is 1. The van der Waals surface area contributed by atoms with Crippen molar-refractivity contribution in [1.29, 1.82) is 0 Å². The molecule has 0 radical (unpaired) electrons. The lowest BCUT2D eigenvalue weighted by molar-refractivity contribution is 0.485. The zero-order valence-electron chi connectivity index (χ0n) is 11.9. The highest BCUT2D eigenvalue weighted by Crippen LogP contribution is 2.35. The molecule has 2 aromatic carbocycles. The molecular formula is C17H15ClN2O. The summed E-state index contributed by atoms with van der Waals surface area (Å²) in [5.41, 5.74) is 8.77. The van der Waals surface area contributed by atoms with Crippen molar-refractivity contribution in [3.63, 3.8) is 0 Å². The Bertz CT molecular complexity index is 807. The number of benzene rings is 2. The molecule has 2 N–H and O–H groups in total. The third-order valence-electron chi connectivity index (χ3n) is 3.46. The lowest BCUT2D eigenvalue weighted by Gasteiger charge is -2.12. The Balaban J connectivity index is 2.04. The summed E-state index contributed by atoms with van der Waals surface area (Å²) < 4.78 is 5.93. The van der Waals surface area contributed by atoms with Crippen LogP contribution < -0.4 is 10.5 Å². The number of hydrogen-bond donors (Lipinski definition) is 1. The molecule has 0 saturated heterocycles. The van der Waals surface area contributed by atoms with E-state index < -0.39 is 0 Å². The molecule has 0 bridgehead atoms. The second kappa shape index (κ2) is 5.26. The molecule has 0 unspecified atom stereocenters. The van der Waals surface area contributed by atoms with Gasteiger partial charge in [0.25, 0.3) is 0 Å². The minimum absolute atomic E-state index is 0.611. The first-order valence-electron chi connectivity index (χ1n) is 6.63. The van der Waals surface area contributed by atoms with Crippen LogP contribution in [0.4, 0.5) is 5.69 Å². The Morgan fingerprint density at radius 1 is 1.10 bits per heavy atom. The van der Waals surface area contributed by atoms with Gasteiger partial charge in [0.2, 0.25) is 0 Å². The van der Waals surface area contributed by atoms with Gasteiger partial charge in [0.15, 0.2) is 5.75 Å². The number of ether oxygens (including phenoxy) is 1. The molecule has 0 aliphatic heterocycles. The molecule has 0 aliphatic rings. The van der Waals surface area contributed by atoms with E-state index in [1.165, 1.54) is 0 Å². The highest BCUT2D eigenvalue weighted by Gasteiger charge is 2.09. The Hall–Kier alpha value is -2.26. The first-order chi connectivity index (χ1) is 10.1. The summed E-state index contributed by atoms with van der Waals surface area (Å²) in [6, 6.07) is 9.51. The molecule has 4 heteroatoms. The van der Waals surface area contributed by atoms with Crippen LogP contribution in [-0.4, -0.2) is 4.98 Å². The summed E-state index contributed by atoms with van der Waals surface area (Å²) in [6.45, 7) is 3.91. The molecule has 1 heterocycles. The summed E-state index contributed by atoms with van der Waals surface area (Å²) in [6.07, 6.45) is 3.51. The number of pyridine rings is 1. The number of nitrogens with zero attached hydrogens (tertiary/aromatic N) is 1. The van der Waals surface area contributed by atoms with E-state index in [-0.39, 0.29) is 0 Å². The largest absolute Gasteiger partial charge is 0.455 e. The van der Waals surface area contributed by atoms with Crippen molar-refractivity contribution in [3.8, 4) is 11.5 Å². The van der Waals surface area contributed by atoms with Crippen LogP contribution in [0.3, 0.4) is 0 Å².